The Morgan fingerprint density at radius 2 is 1.61 bits per heavy atom. The van der Waals surface area contributed by atoms with Crippen molar-refractivity contribution in [2.75, 3.05) is 12.3 Å². The van der Waals surface area contributed by atoms with Crippen LogP contribution in [0.3, 0.4) is 0 Å². The molecule has 5 aromatic rings. The van der Waals surface area contributed by atoms with E-state index in [9.17, 15) is 4.79 Å². The van der Waals surface area contributed by atoms with Gasteiger partial charge < -0.3 is 11.1 Å². The summed E-state index contributed by atoms with van der Waals surface area (Å²) in [6.07, 6.45) is 1.44. The molecule has 0 fully saturated rings. The summed E-state index contributed by atoms with van der Waals surface area (Å²) in [4.78, 5) is 22.0. The lowest BCUT2D eigenvalue weighted by Gasteiger charge is -2.26. The van der Waals surface area contributed by atoms with Crippen LogP contribution < -0.4 is 11.1 Å². The molecule has 0 unspecified atom stereocenters. The molecular weight excluding hydrogens is 476 g/mol. The molecule has 0 aliphatic rings. The van der Waals surface area contributed by atoms with Crippen LogP contribution in [0.4, 0.5) is 5.82 Å². The molecule has 0 radical (unpaired) electrons. The zero-order chi connectivity index (χ0) is 27.0. The standard InChI is InChI=1S/C29H32N8O/c1-18-6-10-21(11-7-18)15-36-23(14-20(3)34-36)28(38)31-16-29(4,5)37-27-24(26(30)32-17-33-27)25(35-37)22-12-8-19(2)9-13-22/h6-14,17H,15-16H2,1-5H3,(H,31,38)(H2,30,32,33). The lowest BCUT2D eigenvalue weighted by molar-refractivity contribution is 0.0926. The molecule has 38 heavy (non-hydrogen) atoms. The van der Waals surface area contributed by atoms with Gasteiger partial charge in [-0.25, -0.2) is 14.6 Å². The monoisotopic (exact) mass is 508 g/mol. The molecule has 194 valence electrons. The van der Waals surface area contributed by atoms with Crippen LogP contribution in [0.2, 0.25) is 0 Å². The van der Waals surface area contributed by atoms with Crippen LogP contribution in [0.25, 0.3) is 22.3 Å². The molecule has 3 N–H and O–H groups in total. The SMILES string of the molecule is Cc1ccc(Cn2nc(C)cc2C(=O)NCC(C)(C)n2nc(-c3ccc(C)cc3)c3c(N)ncnc32)cc1. The molecule has 5 rings (SSSR count). The summed E-state index contributed by atoms with van der Waals surface area (Å²) in [5, 5.41) is 13.3. The highest BCUT2D eigenvalue weighted by Gasteiger charge is 2.29. The van der Waals surface area contributed by atoms with Crippen LogP contribution in [-0.2, 0) is 12.1 Å². The number of fused-ring (bicyclic) bond motifs is 1. The van der Waals surface area contributed by atoms with Crippen molar-refractivity contribution in [2.24, 2.45) is 0 Å². The Labute approximate surface area is 221 Å². The average molecular weight is 509 g/mol. The molecule has 9 heteroatoms. The fourth-order valence-corrected chi connectivity index (χ4v) is 4.49. The molecule has 0 atom stereocenters. The summed E-state index contributed by atoms with van der Waals surface area (Å²) < 4.78 is 3.57. The van der Waals surface area contributed by atoms with Gasteiger partial charge in [0.25, 0.3) is 5.91 Å². The molecule has 3 aromatic heterocycles. The summed E-state index contributed by atoms with van der Waals surface area (Å²) in [5.74, 6) is 0.169. The second kappa shape index (κ2) is 9.74. The van der Waals surface area contributed by atoms with E-state index in [0.717, 1.165) is 22.4 Å². The summed E-state index contributed by atoms with van der Waals surface area (Å²) in [6.45, 7) is 10.8. The van der Waals surface area contributed by atoms with Gasteiger partial charge in [-0.05, 0) is 46.2 Å². The Hall–Kier alpha value is -4.53. The minimum atomic E-state index is -0.617. The Balaban J connectivity index is 1.42. The van der Waals surface area contributed by atoms with Crippen molar-refractivity contribution in [3.05, 3.63) is 89.0 Å². The topological polar surface area (TPSA) is 117 Å². The average Bonchev–Trinajstić information content (AvgIpc) is 3.46. The first-order valence-corrected chi connectivity index (χ1v) is 12.6. The molecule has 0 spiro atoms. The second-order valence-corrected chi connectivity index (χ2v) is 10.4. The van der Waals surface area contributed by atoms with Crippen molar-refractivity contribution in [2.45, 2.75) is 46.7 Å². The van der Waals surface area contributed by atoms with Gasteiger partial charge in [0.2, 0.25) is 0 Å². The maximum atomic E-state index is 13.3. The van der Waals surface area contributed by atoms with Crippen LogP contribution in [0, 0.1) is 20.8 Å². The van der Waals surface area contributed by atoms with E-state index >= 15 is 0 Å². The molecule has 0 saturated heterocycles. The smallest absolute Gasteiger partial charge is 0.269 e. The first kappa shape index (κ1) is 25.1. The van der Waals surface area contributed by atoms with Crippen molar-refractivity contribution in [1.82, 2.24) is 34.8 Å². The van der Waals surface area contributed by atoms with Crippen LogP contribution >= 0.6 is 0 Å². The van der Waals surface area contributed by atoms with E-state index in [0.29, 0.717) is 41.3 Å². The first-order valence-electron chi connectivity index (χ1n) is 12.6. The lowest BCUT2D eigenvalue weighted by Crippen LogP contribution is -2.42. The number of nitrogens with two attached hydrogens (primary N) is 1. The van der Waals surface area contributed by atoms with E-state index in [1.54, 1.807) is 4.68 Å². The number of aryl methyl sites for hydroxylation is 3. The first-order chi connectivity index (χ1) is 18.1. The molecule has 2 aromatic carbocycles. The maximum absolute atomic E-state index is 13.3. The van der Waals surface area contributed by atoms with Gasteiger partial charge in [-0.3, -0.25) is 9.48 Å². The summed E-state index contributed by atoms with van der Waals surface area (Å²) in [6, 6.07) is 18.1. The van der Waals surface area contributed by atoms with Crippen LogP contribution in [0.5, 0.6) is 0 Å². The van der Waals surface area contributed by atoms with Gasteiger partial charge in [-0.15, -0.1) is 0 Å². The lowest BCUT2D eigenvalue weighted by atomic mass is 10.1. The second-order valence-electron chi connectivity index (χ2n) is 10.4. The number of anilines is 1. The number of amides is 1. The van der Waals surface area contributed by atoms with Crippen LogP contribution in [0.15, 0.2) is 60.9 Å². The largest absolute Gasteiger partial charge is 0.383 e. The minimum Gasteiger partial charge on any atom is -0.383 e. The van der Waals surface area contributed by atoms with E-state index in [4.69, 9.17) is 10.8 Å². The normalized spacial score (nSPS) is 11.7. The van der Waals surface area contributed by atoms with Crippen LogP contribution in [0.1, 0.15) is 46.7 Å². The molecular formula is C29H32N8O. The highest BCUT2D eigenvalue weighted by Crippen LogP contribution is 2.33. The highest BCUT2D eigenvalue weighted by atomic mass is 16.2. The molecule has 0 aliphatic heterocycles. The number of hydrogen-bond acceptors (Lipinski definition) is 6. The van der Waals surface area contributed by atoms with Gasteiger partial charge in [0.1, 0.15) is 23.5 Å². The highest BCUT2D eigenvalue weighted by molar-refractivity contribution is 5.98. The number of nitrogens with zero attached hydrogens (tertiary/aromatic N) is 6. The van der Waals surface area contributed by atoms with Crippen molar-refractivity contribution in [1.29, 1.82) is 0 Å². The number of aromatic nitrogens is 6. The number of nitrogens with one attached hydrogen (secondary N) is 1. The van der Waals surface area contributed by atoms with E-state index in [1.807, 2.05) is 62.7 Å². The van der Waals surface area contributed by atoms with Gasteiger partial charge in [0.05, 0.1) is 23.2 Å². The Morgan fingerprint density at radius 3 is 2.29 bits per heavy atom. The molecule has 0 saturated carbocycles. The zero-order valence-electron chi connectivity index (χ0n) is 22.4. The fraction of sp³-hybridized carbons (Fsp3) is 0.276. The summed E-state index contributed by atoms with van der Waals surface area (Å²) in [7, 11) is 0. The van der Waals surface area contributed by atoms with Gasteiger partial charge in [0.15, 0.2) is 5.65 Å². The van der Waals surface area contributed by atoms with Crippen molar-refractivity contribution in [3.8, 4) is 11.3 Å². The Kier molecular flexibility index (Phi) is 6.44. The molecule has 0 bridgehead atoms. The number of nitrogen functional groups attached to an aromatic ring is 1. The number of carbonyl (C=O) groups excluding carboxylic acids is 1. The van der Waals surface area contributed by atoms with Gasteiger partial charge in [-0.1, -0.05) is 59.7 Å². The molecule has 1 amide bonds. The van der Waals surface area contributed by atoms with Crippen molar-refractivity contribution in [3.63, 3.8) is 0 Å². The number of hydrogen-bond donors (Lipinski definition) is 2. The number of carbonyl (C=O) groups is 1. The molecule has 0 aliphatic carbocycles. The van der Waals surface area contributed by atoms with Crippen molar-refractivity contribution >= 4 is 22.8 Å². The third-order valence-corrected chi connectivity index (χ3v) is 6.66. The Bertz CT molecular complexity index is 1610. The van der Waals surface area contributed by atoms with E-state index in [2.05, 4.69) is 51.6 Å². The van der Waals surface area contributed by atoms with Crippen molar-refractivity contribution < 1.29 is 4.79 Å². The number of benzene rings is 2. The van der Waals surface area contributed by atoms with Gasteiger partial charge in [-0.2, -0.15) is 10.2 Å². The summed E-state index contributed by atoms with van der Waals surface area (Å²) in [5.41, 5.74) is 12.6. The predicted molar refractivity (Wildman–Crippen MR) is 149 cm³/mol. The fourth-order valence-electron chi connectivity index (χ4n) is 4.49. The van der Waals surface area contributed by atoms with E-state index < -0.39 is 5.54 Å². The number of rotatable bonds is 7. The third kappa shape index (κ3) is 4.87. The van der Waals surface area contributed by atoms with Crippen LogP contribution in [-0.4, -0.2) is 42.0 Å². The quantitative estimate of drug-likeness (QED) is 0.336. The molecule has 9 nitrogen and oxygen atoms in total. The van der Waals surface area contributed by atoms with E-state index in [-0.39, 0.29) is 5.91 Å². The summed E-state index contributed by atoms with van der Waals surface area (Å²) >= 11 is 0. The van der Waals surface area contributed by atoms with Gasteiger partial charge >= 0.3 is 0 Å². The van der Waals surface area contributed by atoms with E-state index in [1.165, 1.54) is 11.9 Å². The molecule has 3 heterocycles. The predicted octanol–water partition coefficient (Wildman–Crippen LogP) is 4.41. The third-order valence-electron chi connectivity index (χ3n) is 6.66. The van der Waals surface area contributed by atoms with Gasteiger partial charge in [0, 0.05) is 12.1 Å². The Morgan fingerprint density at radius 1 is 0.947 bits per heavy atom. The zero-order valence-corrected chi connectivity index (χ0v) is 22.4. The maximum Gasteiger partial charge on any atom is 0.269 e. The minimum absolute atomic E-state index is 0.199.